The third-order valence-corrected chi connectivity index (χ3v) is 8.33. The highest BCUT2D eigenvalue weighted by atomic mass is 35.5. The number of nitrogens with zero attached hydrogens (tertiary/aromatic N) is 3. The predicted molar refractivity (Wildman–Crippen MR) is 118 cm³/mol. The summed E-state index contributed by atoms with van der Waals surface area (Å²) in [5.74, 6) is 0.399. The first-order chi connectivity index (χ1) is 13.9. The number of halogens is 1. The fourth-order valence-corrected chi connectivity index (χ4v) is 6.05. The fraction of sp³-hybridized carbons (Fsp3) is 0.0526. The second-order valence-corrected chi connectivity index (χ2v) is 10.5. The summed E-state index contributed by atoms with van der Waals surface area (Å²) in [6, 6.07) is 20.3. The van der Waals surface area contributed by atoms with Crippen molar-refractivity contribution in [2.75, 3.05) is 5.73 Å². The normalized spacial score (nSPS) is 11.6. The van der Waals surface area contributed by atoms with E-state index < -0.39 is 10.0 Å². The van der Waals surface area contributed by atoms with Crippen LogP contribution in [-0.2, 0) is 15.8 Å². The van der Waals surface area contributed by atoms with Gasteiger partial charge in [0.15, 0.2) is 0 Å². The van der Waals surface area contributed by atoms with E-state index in [0.717, 1.165) is 20.1 Å². The van der Waals surface area contributed by atoms with E-state index in [9.17, 15) is 8.42 Å². The van der Waals surface area contributed by atoms with E-state index in [1.807, 2.05) is 42.5 Å². The SMILES string of the molecule is Nc1nc(SCc2ccc(Cl)cc2)nn1S(=O)(=O)c1ccc(-c2ccccc2)s1. The number of nitrogens with two attached hydrogens (primary N) is 1. The minimum Gasteiger partial charge on any atom is -0.367 e. The average Bonchev–Trinajstić information content (AvgIpc) is 3.36. The second-order valence-electron chi connectivity index (χ2n) is 6.00. The van der Waals surface area contributed by atoms with Crippen LogP contribution < -0.4 is 5.73 Å². The summed E-state index contributed by atoms with van der Waals surface area (Å²) in [6.07, 6.45) is 0. The molecule has 0 bridgehead atoms. The van der Waals surface area contributed by atoms with Gasteiger partial charge in [0.1, 0.15) is 4.21 Å². The Hall–Kier alpha value is -2.33. The molecule has 4 rings (SSSR count). The summed E-state index contributed by atoms with van der Waals surface area (Å²) in [5.41, 5.74) is 7.82. The van der Waals surface area contributed by atoms with Crippen molar-refractivity contribution in [2.24, 2.45) is 0 Å². The van der Waals surface area contributed by atoms with Gasteiger partial charge in [-0.1, -0.05) is 65.8 Å². The van der Waals surface area contributed by atoms with Gasteiger partial charge in [-0.05, 0) is 35.4 Å². The number of thioether (sulfide) groups is 1. The quantitative estimate of drug-likeness (QED) is 0.415. The molecule has 0 saturated heterocycles. The van der Waals surface area contributed by atoms with Crippen molar-refractivity contribution < 1.29 is 8.42 Å². The predicted octanol–water partition coefficient (Wildman–Crippen LogP) is 4.77. The van der Waals surface area contributed by atoms with Gasteiger partial charge in [-0.2, -0.15) is 13.4 Å². The molecule has 0 amide bonds. The van der Waals surface area contributed by atoms with E-state index in [1.54, 1.807) is 24.3 Å². The molecule has 2 aromatic heterocycles. The number of thiophene rings is 1. The highest BCUT2D eigenvalue weighted by Gasteiger charge is 2.25. The van der Waals surface area contributed by atoms with Crippen molar-refractivity contribution in [3.05, 3.63) is 77.3 Å². The summed E-state index contributed by atoms with van der Waals surface area (Å²) < 4.78 is 26.9. The lowest BCUT2D eigenvalue weighted by Crippen LogP contribution is -2.16. The number of benzene rings is 2. The van der Waals surface area contributed by atoms with Gasteiger partial charge in [-0.3, -0.25) is 0 Å². The van der Waals surface area contributed by atoms with E-state index in [1.165, 1.54) is 23.1 Å². The molecule has 0 aliphatic rings. The molecule has 0 aliphatic carbocycles. The molecule has 0 unspecified atom stereocenters. The van der Waals surface area contributed by atoms with E-state index in [-0.39, 0.29) is 10.2 Å². The summed E-state index contributed by atoms with van der Waals surface area (Å²) in [7, 11) is -3.92. The van der Waals surface area contributed by atoms with Crippen molar-refractivity contribution in [3.63, 3.8) is 0 Å². The first-order valence-corrected chi connectivity index (χ1v) is 12.1. The molecule has 0 aliphatic heterocycles. The van der Waals surface area contributed by atoms with Gasteiger partial charge < -0.3 is 5.73 Å². The van der Waals surface area contributed by atoms with Gasteiger partial charge in [-0.15, -0.1) is 20.5 Å². The molecule has 0 saturated carbocycles. The Balaban J connectivity index is 1.56. The Morgan fingerprint density at radius 2 is 1.76 bits per heavy atom. The van der Waals surface area contributed by atoms with E-state index in [0.29, 0.717) is 15.9 Å². The highest BCUT2D eigenvalue weighted by molar-refractivity contribution is 7.98. The molecule has 0 spiro atoms. The molecule has 0 radical (unpaired) electrons. The van der Waals surface area contributed by atoms with Crippen LogP contribution in [0.15, 0.2) is 76.1 Å². The largest absolute Gasteiger partial charge is 0.367 e. The molecule has 0 fully saturated rings. The van der Waals surface area contributed by atoms with Crippen molar-refractivity contribution in [1.29, 1.82) is 0 Å². The molecule has 4 aromatic rings. The third-order valence-electron chi connectivity index (χ3n) is 3.99. The molecule has 2 heterocycles. The molecule has 29 heavy (non-hydrogen) atoms. The lowest BCUT2D eigenvalue weighted by atomic mass is 10.2. The van der Waals surface area contributed by atoms with Crippen molar-refractivity contribution in [1.82, 2.24) is 14.2 Å². The Labute approximate surface area is 181 Å². The van der Waals surface area contributed by atoms with E-state index in [2.05, 4.69) is 10.1 Å². The minimum atomic E-state index is -3.92. The zero-order chi connectivity index (χ0) is 20.4. The van der Waals surface area contributed by atoms with E-state index >= 15 is 0 Å². The number of nitrogen functional groups attached to an aromatic ring is 1. The first-order valence-electron chi connectivity index (χ1n) is 8.44. The maximum atomic E-state index is 13.0. The molecule has 2 N–H and O–H groups in total. The van der Waals surface area contributed by atoms with Crippen molar-refractivity contribution in [2.45, 2.75) is 15.1 Å². The van der Waals surface area contributed by atoms with Crippen molar-refractivity contribution >= 4 is 50.7 Å². The standard InChI is InChI=1S/C19H15ClN4O2S3/c20-15-8-6-13(7-9-15)12-27-19-22-18(21)24(23-19)29(25,26)17-11-10-16(28-17)14-4-2-1-3-5-14/h1-11H,12H2,(H2,21,22,23). The topological polar surface area (TPSA) is 90.9 Å². The zero-order valence-electron chi connectivity index (χ0n) is 14.9. The van der Waals surface area contributed by atoms with Crippen LogP contribution in [0.3, 0.4) is 0 Å². The number of rotatable bonds is 6. The molecule has 2 aromatic carbocycles. The number of aromatic nitrogens is 3. The first kappa shape index (κ1) is 20.0. The number of hydrogen-bond donors (Lipinski definition) is 1. The maximum absolute atomic E-state index is 13.0. The van der Waals surface area contributed by atoms with Crippen LogP contribution in [0.2, 0.25) is 5.02 Å². The van der Waals surface area contributed by atoms with Crippen molar-refractivity contribution in [3.8, 4) is 10.4 Å². The van der Waals surface area contributed by atoms with Crippen LogP contribution in [0.4, 0.5) is 5.95 Å². The fourth-order valence-electron chi connectivity index (χ4n) is 2.56. The lowest BCUT2D eigenvalue weighted by Gasteiger charge is -2.02. The van der Waals surface area contributed by atoms with Gasteiger partial charge in [0.2, 0.25) is 11.1 Å². The van der Waals surface area contributed by atoms with Crippen LogP contribution in [-0.4, -0.2) is 22.6 Å². The van der Waals surface area contributed by atoms with Gasteiger partial charge in [-0.25, -0.2) is 0 Å². The minimum absolute atomic E-state index is 0.155. The summed E-state index contributed by atoms with van der Waals surface area (Å²) in [6.45, 7) is 0. The summed E-state index contributed by atoms with van der Waals surface area (Å²) in [4.78, 5) is 4.94. The Kier molecular flexibility index (Phi) is 5.64. The summed E-state index contributed by atoms with van der Waals surface area (Å²) in [5, 5.41) is 5.06. The van der Waals surface area contributed by atoms with Crippen LogP contribution in [0.25, 0.3) is 10.4 Å². The average molecular weight is 463 g/mol. The molecule has 6 nitrogen and oxygen atoms in total. The van der Waals surface area contributed by atoms with Crippen LogP contribution in [0.5, 0.6) is 0 Å². The van der Waals surface area contributed by atoms with Gasteiger partial charge in [0.25, 0.3) is 10.0 Å². The van der Waals surface area contributed by atoms with Gasteiger partial charge in [0, 0.05) is 15.7 Å². The van der Waals surface area contributed by atoms with E-state index in [4.69, 9.17) is 17.3 Å². The monoisotopic (exact) mass is 462 g/mol. The smallest absolute Gasteiger partial charge is 0.295 e. The second kappa shape index (κ2) is 8.19. The molecule has 10 heteroatoms. The third kappa shape index (κ3) is 4.32. The van der Waals surface area contributed by atoms with Gasteiger partial charge in [0.05, 0.1) is 0 Å². The molecular weight excluding hydrogens is 448 g/mol. The Morgan fingerprint density at radius 1 is 1.03 bits per heavy atom. The van der Waals surface area contributed by atoms with Crippen LogP contribution in [0, 0.1) is 0 Å². The number of anilines is 1. The Morgan fingerprint density at radius 3 is 2.48 bits per heavy atom. The molecular formula is C19H15ClN4O2S3. The molecule has 0 atom stereocenters. The lowest BCUT2D eigenvalue weighted by molar-refractivity contribution is 0.582. The van der Waals surface area contributed by atoms with Crippen LogP contribution in [0.1, 0.15) is 5.56 Å². The maximum Gasteiger partial charge on any atom is 0.295 e. The summed E-state index contributed by atoms with van der Waals surface area (Å²) >= 11 is 8.35. The van der Waals surface area contributed by atoms with Gasteiger partial charge >= 0.3 is 0 Å². The number of hydrogen-bond acceptors (Lipinski definition) is 7. The van der Waals surface area contributed by atoms with Crippen LogP contribution >= 0.6 is 34.7 Å². The highest BCUT2D eigenvalue weighted by Crippen LogP contribution is 2.32. The Bertz CT molecular complexity index is 1240. The zero-order valence-corrected chi connectivity index (χ0v) is 18.1. The molecule has 148 valence electrons.